The van der Waals surface area contributed by atoms with E-state index >= 15 is 0 Å². The maximum atomic E-state index is 12.9. The van der Waals surface area contributed by atoms with Gasteiger partial charge in [0.1, 0.15) is 11.8 Å². The number of carboxylic acid groups (broad SMARTS) is 1. The fourth-order valence-corrected chi connectivity index (χ4v) is 3.71. The zero-order valence-electron chi connectivity index (χ0n) is 13.7. The van der Waals surface area contributed by atoms with Gasteiger partial charge in [-0.3, -0.25) is 9.59 Å². The zero-order valence-corrected chi connectivity index (χ0v) is 14.5. The van der Waals surface area contributed by atoms with Gasteiger partial charge in [0.05, 0.1) is 17.7 Å². The SMILES string of the molecule is CC(=O)Nc1ccc(S(=O)(=O)N(Cc2ccco2)C(C)C(=O)O)cc1. The minimum absolute atomic E-state index is 0.0822. The number of hydrogen-bond acceptors (Lipinski definition) is 5. The Kier molecular flexibility index (Phi) is 5.60. The third-order valence-electron chi connectivity index (χ3n) is 3.46. The molecule has 0 saturated carbocycles. The Hall–Kier alpha value is -2.65. The van der Waals surface area contributed by atoms with Crippen LogP contribution in [-0.4, -0.2) is 35.7 Å². The van der Waals surface area contributed by atoms with E-state index in [1.165, 1.54) is 44.4 Å². The Balaban J connectivity index is 2.36. The minimum atomic E-state index is -4.09. The van der Waals surface area contributed by atoms with Gasteiger partial charge in [0.15, 0.2) is 0 Å². The maximum Gasteiger partial charge on any atom is 0.321 e. The monoisotopic (exact) mass is 366 g/mol. The van der Waals surface area contributed by atoms with Gasteiger partial charge < -0.3 is 14.8 Å². The number of carbonyl (C=O) groups excluding carboxylic acids is 1. The minimum Gasteiger partial charge on any atom is -0.480 e. The molecule has 1 unspecified atom stereocenters. The van der Waals surface area contributed by atoms with Gasteiger partial charge in [-0.25, -0.2) is 8.42 Å². The lowest BCUT2D eigenvalue weighted by atomic mass is 10.3. The lowest BCUT2D eigenvalue weighted by Crippen LogP contribution is -2.42. The van der Waals surface area contributed by atoms with E-state index in [0.717, 1.165) is 4.31 Å². The fourth-order valence-electron chi connectivity index (χ4n) is 2.16. The smallest absolute Gasteiger partial charge is 0.321 e. The van der Waals surface area contributed by atoms with E-state index in [2.05, 4.69) is 5.32 Å². The summed E-state index contributed by atoms with van der Waals surface area (Å²) in [5.41, 5.74) is 0.440. The number of anilines is 1. The van der Waals surface area contributed by atoms with Gasteiger partial charge >= 0.3 is 5.97 Å². The van der Waals surface area contributed by atoms with Crippen molar-refractivity contribution in [3.63, 3.8) is 0 Å². The summed E-state index contributed by atoms with van der Waals surface area (Å²) in [5, 5.41) is 11.8. The molecule has 1 aromatic heterocycles. The molecule has 0 radical (unpaired) electrons. The van der Waals surface area contributed by atoms with E-state index < -0.39 is 22.0 Å². The summed E-state index contributed by atoms with van der Waals surface area (Å²) in [6, 6.07) is 7.36. The molecule has 0 aliphatic carbocycles. The van der Waals surface area contributed by atoms with Gasteiger partial charge in [0.2, 0.25) is 15.9 Å². The average Bonchev–Trinajstić information content (AvgIpc) is 3.05. The van der Waals surface area contributed by atoms with Gasteiger partial charge in [-0.1, -0.05) is 0 Å². The van der Waals surface area contributed by atoms with Crippen molar-refractivity contribution in [1.82, 2.24) is 4.31 Å². The van der Waals surface area contributed by atoms with Crippen LogP contribution in [0, 0.1) is 0 Å². The molecular weight excluding hydrogens is 348 g/mol. The zero-order chi connectivity index (χ0) is 18.6. The van der Waals surface area contributed by atoms with Crippen LogP contribution in [0.1, 0.15) is 19.6 Å². The fraction of sp³-hybridized carbons (Fsp3) is 0.250. The van der Waals surface area contributed by atoms with Crippen LogP contribution >= 0.6 is 0 Å². The highest BCUT2D eigenvalue weighted by molar-refractivity contribution is 7.89. The molecule has 8 nitrogen and oxygen atoms in total. The molecule has 0 spiro atoms. The van der Waals surface area contributed by atoms with Crippen molar-refractivity contribution >= 4 is 27.6 Å². The second kappa shape index (κ2) is 7.49. The highest BCUT2D eigenvalue weighted by Crippen LogP contribution is 2.23. The van der Waals surface area contributed by atoms with Gasteiger partial charge in [0, 0.05) is 12.6 Å². The number of benzene rings is 1. The first-order valence-electron chi connectivity index (χ1n) is 7.36. The van der Waals surface area contributed by atoms with Crippen LogP contribution in [0.2, 0.25) is 0 Å². The van der Waals surface area contributed by atoms with E-state index in [1.54, 1.807) is 12.1 Å². The summed E-state index contributed by atoms with van der Waals surface area (Å²) in [7, 11) is -4.09. The number of amides is 1. The summed E-state index contributed by atoms with van der Waals surface area (Å²) in [6.07, 6.45) is 1.38. The molecule has 9 heteroatoms. The van der Waals surface area contributed by atoms with Crippen LogP contribution < -0.4 is 5.32 Å². The van der Waals surface area contributed by atoms with Crippen molar-refractivity contribution < 1.29 is 27.5 Å². The molecule has 0 aliphatic heterocycles. The standard InChI is InChI=1S/C16H18N2O6S/c1-11(16(20)21)18(10-14-4-3-9-24-14)25(22,23)15-7-5-13(6-8-15)17-12(2)19/h3-9,11H,10H2,1-2H3,(H,17,19)(H,20,21). The van der Waals surface area contributed by atoms with Crippen LogP contribution in [-0.2, 0) is 26.2 Å². The number of rotatable bonds is 7. The summed E-state index contributed by atoms with van der Waals surface area (Å²) < 4.78 is 31.7. The third kappa shape index (κ3) is 4.46. The normalized spacial score (nSPS) is 12.8. The van der Waals surface area contributed by atoms with Crippen molar-refractivity contribution in [2.45, 2.75) is 31.3 Å². The summed E-state index contributed by atoms with van der Waals surface area (Å²) in [5.74, 6) is -1.23. The van der Waals surface area contributed by atoms with E-state index in [1.807, 2.05) is 0 Å². The average molecular weight is 366 g/mol. The van der Waals surface area contributed by atoms with E-state index in [9.17, 15) is 23.1 Å². The first-order valence-corrected chi connectivity index (χ1v) is 8.80. The van der Waals surface area contributed by atoms with Gasteiger partial charge in [-0.15, -0.1) is 0 Å². The highest BCUT2D eigenvalue weighted by Gasteiger charge is 2.33. The molecule has 1 amide bonds. The highest BCUT2D eigenvalue weighted by atomic mass is 32.2. The molecule has 1 atom stereocenters. The number of nitrogens with one attached hydrogen (secondary N) is 1. The number of nitrogens with zero attached hydrogens (tertiary/aromatic N) is 1. The molecule has 2 N–H and O–H groups in total. The number of aliphatic carboxylic acids is 1. The van der Waals surface area contributed by atoms with Crippen LogP contribution in [0.4, 0.5) is 5.69 Å². The van der Waals surface area contributed by atoms with Crippen LogP contribution in [0.15, 0.2) is 52.0 Å². The second-order valence-corrected chi connectivity index (χ2v) is 7.24. The molecule has 134 valence electrons. The molecule has 2 aromatic rings. The second-order valence-electron chi connectivity index (χ2n) is 5.35. The predicted octanol–water partition coefficient (Wildman–Crippen LogP) is 1.90. The number of furan rings is 1. The number of sulfonamides is 1. The van der Waals surface area contributed by atoms with Crippen molar-refractivity contribution in [3.8, 4) is 0 Å². The number of carbonyl (C=O) groups is 2. The van der Waals surface area contributed by atoms with Crippen molar-refractivity contribution in [2.75, 3.05) is 5.32 Å². The molecule has 0 saturated heterocycles. The van der Waals surface area contributed by atoms with Gasteiger partial charge in [-0.05, 0) is 43.3 Å². The Morgan fingerprint density at radius 2 is 1.88 bits per heavy atom. The van der Waals surface area contributed by atoms with E-state index in [4.69, 9.17) is 4.42 Å². The topological polar surface area (TPSA) is 117 Å². The Morgan fingerprint density at radius 3 is 2.36 bits per heavy atom. The van der Waals surface area contributed by atoms with Crippen LogP contribution in [0.25, 0.3) is 0 Å². The van der Waals surface area contributed by atoms with Crippen molar-refractivity contribution in [1.29, 1.82) is 0 Å². The van der Waals surface area contributed by atoms with Crippen LogP contribution in [0.3, 0.4) is 0 Å². The largest absolute Gasteiger partial charge is 0.480 e. The Bertz CT molecular complexity index is 843. The molecule has 1 heterocycles. The van der Waals surface area contributed by atoms with Crippen molar-refractivity contribution in [3.05, 3.63) is 48.4 Å². The van der Waals surface area contributed by atoms with E-state index in [-0.39, 0.29) is 17.3 Å². The number of carboxylic acids is 1. The molecule has 0 fully saturated rings. The molecule has 0 aliphatic rings. The summed E-state index contributed by atoms with van der Waals surface area (Å²) in [6.45, 7) is 2.41. The number of hydrogen-bond donors (Lipinski definition) is 2. The Morgan fingerprint density at radius 1 is 1.24 bits per heavy atom. The Labute approximate surface area is 145 Å². The maximum absolute atomic E-state index is 12.9. The predicted molar refractivity (Wildman–Crippen MR) is 89.3 cm³/mol. The molecular formula is C16H18N2O6S. The molecule has 2 rings (SSSR count). The van der Waals surface area contributed by atoms with E-state index in [0.29, 0.717) is 11.4 Å². The lowest BCUT2D eigenvalue weighted by molar-refractivity contribution is -0.141. The summed E-state index contributed by atoms with van der Waals surface area (Å²) >= 11 is 0. The third-order valence-corrected chi connectivity index (χ3v) is 5.39. The van der Waals surface area contributed by atoms with Crippen molar-refractivity contribution in [2.24, 2.45) is 0 Å². The molecule has 0 bridgehead atoms. The summed E-state index contributed by atoms with van der Waals surface area (Å²) in [4.78, 5) is 22.3. The first-order chi connectivity index (χ1) is 11.7. The molecule has 1 aromatic carbocycles. The lowest BCUT2D eigenvalue weighted by Gasteiger charge is -2.25. The van der Waals surface area contributed by atoms with Gasteiger partial charge in [-0.2, -0.15) is 4.31 Å². The van der Waals surface area contributed by atoms with Gasteiger partial charge in [0.25, 0.3) is 0 Å². The quantitative estimate of drug-likeness (QED) is 0.773. The van der Waals surface area contributed by atoms with Crippen LogP contribution in [0.5, 0.6) is 0 Å². The first kappa shape index (κ1) is 18.7. The molecule has 25 heavy (non-hydrogen) atoms.